The van der Waals surface area contributed by atoms with Gasteiger partial charge in [-0.15, -0.1) is 0 Å². The van der Waals surface area contributed by atoms with Crippen molar-refractivity contribution in [3.8, 4) is 0 Å². The van der Waals surface area contributed by atoms with Gasteiger partial charge in [0.2, 0.25) is 5.69 Å². The molecule has 0 aromatic heterocycles. The van der Waals surface area contributed by atoms with Gasteiger partial charge in [-0.05, 0) is 38.8 Å². The summed E-state index contributed by atoms with van der Waals surface area (Å²) in [5, 5.41) is 0. The standard InChI is InChI=1S/C14H20N.HI/c1-9-7-10(2)13-12(8-9)15(6)11(3)14(13,4)5;/h7-8H,1-6H3;1H/q+1;/p-1. The molecule has 2 rings (SSSR count). The number of hydrogen-bond donors (Lipinski definition) is 0. The van der Waals surface area contributed by atoms with Gasteiger partial charge in [-0.1, -0.05) is 6.07 Å². The summed E-state index contributed by atoms with van der Waals surface area (Å²) < 4.78 is 2.33. The fraction of sp³-hybridized carbons (Fsp3) is 0.500. The number of hydrogen-bond acceptors (Lipinski definition) is 0. The number of aryl methyl sites for hydroxylation is 2. The van der Waals surface area contributed by atoms with Gasteiger partial charge in [0.25, 0.3) is 0 Å². The van der Waals surface area contributed by atoms with Gasteiger partial charge in [-0.2, -0.15) is 0 Å². The van der Waals surface area contributed by atoms with Gasteiger partial charge in [0.05, 0.1) is 5.41 Å². The second-order valence-corrected chi connectivity index (χ2v) is 5.25. The van der Waals surface area contributed by atoms with Gasteiger partial charge < -0.3 is 24.0 Å². The molecule has 16 heavy (non-hydrogen) atoms. The Balaban J connectivity index is 0.00000128. The molecule has 0 N–H and O–H groups in total. The minimum atomic E-state index is 0. The molecule has 1 heterocycles. The maximum absolute atomic E-state index is 2.33. The van der Waals surface area contributed by atoms with Crippen molar-refractivity contribution in [3.05, 3.63) is 28.8 Å². The van der Waals surface area contributed by atoms with E-state index in [0.717, 1.165) is 0 Å². The summed E-state index contributed by atoms with van der Waals surface area (Å²) in [5.41, 5.74) is 7.26. The van der Waals surface area contributed by atoms with Crippen molar-refractivity contribution in [2.24, 2.45) is 0 Å². The molecule has 0 saturated heterocycles. The lowest BCUT2D eigenvalue weighted by molar-refractivity contribution is -0.403. The first kappa shape index (κ1) is 13.7. The molecule has 0 saturated carbocycles. The second kappa shape index (κ2) is 4.13. The Kier molecular flexibility index (Phi) is 3.53. The molecular formula is C14H20IN. The Morgan fingerprint density at radius 2 is 1.62 bits per heavy atom. The number of fused-ring (bicyclic) bond motifs is 1. The van der Waals surface area contributed by atoms with Gasteiger partial charge in [0.1, 0.15) is 7.05 Å². The smallest absolute Gasteiger partial charge is 0.209 e. The number of halogens is 1. The molecule has 88 valence electrons. The monoisotopic (exact) mass is 329 g/mol. The Hall–Kier alpha value is -0.380. The van der Waals surface area contributed by atoms with Crippen LogP contribution < -0.4 is 24.0 Å². The van der Waals surface area contributed by atoms with E-state index in [-0.39, 0.29) is 29.4 Å². The summed E-state index contributed by atoms with van der Waals surface area (Å²) in [6, 6.07) is 4.58. The van der Waals surface area contributed by atoms with E-state index in [1.165, 1.54) is 28.1 Å². The summed E-state index contributed by atoms with van der Waals surface area (Å²) in [6.45, 7) is 11.2. The van der Waals surface area contributed by atoms with Crippen LogP contribution in [0.15, 0.2) is 12.1 Å². The van der Waals surface area contributed by atoms with Crippen LogP contribution >= 0.6 is 0 Å². The third-order valence-electron chi connectivity index (χ3n) is 3.85. The topological polar surface area (TPSA) is 3.01 Å². The van der Waals surface area contributed by atoms with Gasteiger partial charge in [0, 0.05) is 18.6 Å². The molecule has 0 fully saturated rings. The number of rotatable bonds is 0. The first-order valence-corrected chi connectivity index (χ1v) is 5.55. The van der Waals surface area contributed by atoms with Gasteiger partial charge in [-0.3, -0.25) is 0 Å². The van der Waals surface area contributed by atoms with E-state index in [0.29, 0.717) is 0 Å². The van der Waals surface area contributed by atoms with E-state index in [4.69, 9.17) is 0 Å². The van der Waals surface area contributed by atoms with E-state index >= 15 is 0 Å². The Bertz CT molecular complexity index is 470. The lowest BCUT2D eigenvalue weighted by atomic mass is 9.79. The molecule has 1 aromatic rings. The summed E-state index contributed by atoms with van der Waals surface area (Å²) in [5.74, 6) is 0. The zero-order chi connectivity index (χ0) is 11.4. The van der Waals surface area contributed by atoms with Crippen molar-refractivity contribution in [2.75, 3.05) is 7.05 Å². The second-order valence-electron chi connectivity index (χ2n) is 5.25. The molecule has 0 atom stereocenters. The lowest BCUT2D eigenvalue weighted by Crippen LogP contribution is -3.00. The minimum absolute atomic E-state index is 0. The van der Waals surface area contributed by atoms with Crippen LogP contribution in [0.2, 0.25) is 0 Å². The first-order valence-electron chi connectivity index (χ1n) is 5.55. The summed E-state index contributed by atoms with van der Waals surface area (Å²) in [6.07, 6.45) is 0. The average Bonchev–Trinajstić information content (AvgIpc) is 2.27. The molecule has 0 radical (unpaired) electrons. The zero-order valence-corrected chi connectivity index (χ0v) is 13.1. The normalized spacial score (nSPS) is 17.1. The average molecular weight is 329 g/mol. The van der Waals surface area contributed by atoms with Crippen molar-refractivity contribution < 1.29 is 28.6 Å². The summed E-state index contributed by atoms with van der Waals surface area (Å²) in [7, 11) is 2.17. The van der Waals surface area contributed by atoms with Crippen LogP contribution in [0.4, 0.5) is 5.69 Å². The fourth-order valence-electron chi connectivity index (χ4n) is 2.80. The van der Waals surface area contributed by atoms with Crippen molar-refractivity contribution in [3.63, 3.8) is 0 Å². The fourth-order valence-corrected chi connectivity index (χ4v) is 2.80. The highest BCUT2D eigenvalue weighted by atomic mass is 127. The third kappa shape index (κ3) is 1.71. The molecule has 0 amide bonds. The highest BCUT2D eigenvalue weighted by molar-refractivity contribution is 5.93. The molecule has 0 aliphatic carbocycles. The van der Waals surface area contributed by atoms with E-state index in [9.17, 15) is 0 Å². The van der Waals surface area contributed by atoms with Crippen molar-refractivity contribution in [1.29, 1.82) is 0 Å². The zero-order valence-electron chi connectivity index (χ0n) is 11.0. The molecule has 2 heteroatoms. The van der Waals surface area contributed by atoms with Gasteiger partial charge in [-0.25, -0.2) is 4.58 Å². The SMILES string of the molecule is CC1=[N+](C)c2cc(C)cc(C)c2C1(C)C.[I-]. The molecule has 1 aliphatic heterocycles. The molecule has 0 spiro atoms. The Morgan fingerprint density at radius 3 is 2.19 bits per heavy atom. The van der Waals surface area contributed by atoms with Crippen molar-refractivity contribution in [1.82, 2.24) is 0 Å². The maximum Gasteiger partial charge on any atom is 0.209 e. The maximum atomic E-state index is 2.33. The molecule has 1 aliphatic rings. The number of nitrogens with zero attached hydrogens (tertiary/aromatic N) is 1. The predicted octanol–water partition coefficient (Wildman–Crippen LogP) is 0.333. The van der Waals surface area contributed by atoms with Gasteiger partial charge >= 0.3 is 0 Å². The van der Waals surface area contributed by atoms with E-state index < -0.39 is 0 Å². The predicted molar refractivity (Wildman–Crippen MR) is 65.5 cm³/mol. The molecular weight excluding hydrogens is 309 g/mol. The Labute approximate surface area is 116 Å². The summed E-state index contributed by atoms with van der Waals surface area (Å²) in [4.78, 5) is 0. The van der Waals surface area contributed by atoms with Crippen molar-refractivity contribution >= 4 is 11.4 Å². The molecule has 0 bridgehead atoms. The van der Waals surface area contributed by atoms with E-state index in [1.54, 1.807) is 0 Å². The van der Waals surface area contributed by atoms with Gasteiger partial charge in [0.15, 0.2) is 5.71 Å². The van der Waals surface area contributed by atoms with Crippen LogP contribution in [0.25, 0.3) is 0 Å². The van der Waals surface area contributed by atoms with Crippen LogP contribution in [0.5, 0.6) is 0 Å². The minimum Gasteiger partial charge on any atom is -1.00 e. The highest BCUT2D eigenvalue weighted by Crippen LogP contribution is 2.41. The first-order chi connectivity index (χ1) is 6.85. The third-order valence-corrected chi connectivity index (χ3v) is 3.85. The molecule has 1 nitrogen and oxygen atoms in total. The lowest BCUT2D eigenvalue weighted by Gasteiger charge is -2.17. The van der Waals surface area contributed by atoms with E-state index in [2.05, 4.69) is 58.4 Å². The largest absolute Gasteiger partial charge is 1.00 e. The number of benzene rings is 1. The van der Waals surface area contributed by atoms with E-state index in [1.807, 2.05) is 0 Å². The van der Waals surface area contributed by atoms with Crippen LogP contribution in [0, 0.1) is 13.8 Å². The van der Waals surface area contributed by atoms with Crippen LogP contribution in [0.1, 0.15) is 37.5 Å². The van der Waals surface area contributed by atoms with Crippen LogP contribution in [0.3, 0.4) is 0 Å². The molecule has 0 unspecified atom stereocenters. The summed E-state index contributed by atoms with van der Waals surface area (Å²) >= 11 is 0. The Morgan fingerprint density at radius 1 is 1.06 bits per heavy atom. The highest BCUT2D eigenvalue weighted by Gasteiger charge is 2.42. The quantitative estimate of drug-likeness (QED) is 0.477. The molecule has 1 aromatic carbocycles. The van der Waals surface area contributed by atoms with Crippen molar-refractivity contribution in [2.45, 2.75) is 40.0 Å². The van der Waals surface area contributed by atoms with Crippen LogP contribution in [-0.4, -0.2) is 17.3 Å². The van der Waals surface area contributed by atoms with Crippen LogP contribution in [-0.2, 0) is 5.41 Å².